The fraction of sp³-hybridized carbons (Fsp3) is 0.125. The van der Waals surface area contributed by atoms with Crippen molar-refractivity contribution in [2.45, 2.75) is 6.54 Å². The molecular weight excluding hydrogens is 266 g/mol. The van der Waals surface area contributed by atoms with Crippen molar-refractivity contribution in [3.63, 3.8) is 0 Å². The summed E-state index contributed by atoms with van der Waals surface area (Å²) in [7, 11) is 2.00. The summed E-state index contributed by atoms with van der Waals surface area (Å²) in [6.45, 7) is 0.690. The fourth-order valence-electron chi connectivity index (χ4n) is 2.34. The van der Waals surface area contributed by atoms with Gasteiger partial charge in [-0.1, -0.05) is 12.1 Å². The summed E-state index contributed by atoms with van der Waals surface area (Å²) in [4.78, 5) is 15.3. The predicted octanol–water partition coefficient (Wildman–Crippen LogP) is 0.332. The lowest BCUT2D eigenvalue weighted by molar-refractivity contribution is -0.590. The number of fused-ring (bicyclic) bond motifs is 1. The number of carboxylic acids is 1. The van der Waals surface area contributed by atoms with E-state index in [9.17, 15) is 9.90 Å². The number of benzene rings is 2. The Hall–Kier alpha value is -2.66. The van der Waals surface area contributed by atoms with Gasteiger partial charge in [0.2, 0.25) is 0 Å². The Balaban J connectivity index is 1.77. The number of quaternary nitrogens is 1. The van der Waals surface area contributed by atoms with Gasteiger partial charge in [0, 0.05) is 7.05 Å². The van der Waals surface area contributed by atoms with E-state index in [0.29, 0.717) is 6.54 Å². The van der Waals surface area contributed by atoms with E-state index in [2.05, 4.69) is 9.55 Å². The summed E-state index contributed by atoms with van der Waals surface area (Å²) in [5.41, 5.74) is 3.24. The molecule has 5 nitrogen and oxygen atoms in total. The van der Waals surface area contributed by atoms with Crippen molar-refractivity contribution in [2.24, 2.45) is 7.05 Å². The van der Waals surface area contributed by atoms with Crippen LogP contribution in [0, 0.1) is 0 Å². The second-order valence-corrected chi connectivity index (χ2v) is 4.89. The topological polar surface area (TPSA) is 74.6 Å². The number of aromatic nitrogens is 2. The third-order valence-corrected chi connectivity index (χ3v) is 3.55. The van der Waals surface area contributed by atoms with Gasteiger partial charge in [-0.05, 0) is 42.0 Å². The number of hydrogen-bond donors (Lipinski definition) is 1. The standard InChI is InChI=1S/C16H15N3O2/c1-19-14-5-3-2-4-13(14)18-15(19)10-17-12-8-6-11(7-9-12)16(20)21/h2-9,17H,10H2,1H3,(H,20,21). The zero-order valence-corrected chi connectivity index (χ0v) is 11.6. The molecule has 0 aliphatic rings. The van der Waals surface area contributed by atoms with E-state index in [0.717, 1.165) is 22.5 Å². The summed E-state index contributed by atoms with van der Waals surface area (Å²) in [6, 6.07) is 14.7. The van der Waals surface area contributed by atoms with Crippen LogP contribution >= 0.6 is 0 Å². The third kappa shape index (κ3) is 2.64. The SMILES string of the molecule is Cn1c(C[NH2+]c2ccc(C(=O)[O-])cc2)nc2ccccc21. The number of nitrogens with zero attached hydrogens (tertiary/aromatic N) is 2. The van der Waals surface area contributed by atoms with E-state index in [-0.39, 0.29) is 5.56 Å². The Morgan fingerprint density at radius 1 is 1.19 bits per heavy atom. The molecule has 3 aromatic rings. The first-order valence-electron chi connectivity index (χ1n) is 6.70. The molecule has 1 aromatic heterocycles. The minimum atomic E-state index is -1.16. The van der Waals surface area contributed by atoms with Crippen molar-refractivity contribution in [3.8, 4) is 0 Å². The largest absolute Gasteiger partial charge is 0.545 e. The van der Waals surface area contributed by atoms with Crippen molar-refractivity contribution in [1.82, 2.24) is 9.55 Å². The molecule has 3 rings (SSSR count). The average Bonchev–Trinajstić information content (AvgIpc) is 2.82. The highest BCUT2D eigenvalue weighted by Gasteiger charge is 2.09. The van der Waals surface area contributed by atoms with Gasteiger partial charge >= 0.3 is 0 Å². The summed E-state index contributed by atoms with van der Waals surface area (Å²) >= 11 is 0. The van der Waals surface area contributed by atoms with Crippen LogP contribution in [-0.4, -0.2) is 15.5 Å². The van der Waals surface area contributed by atoms with Crippen LogP contribution in [0.4, 0.5) is 5.69 Å². The Labute approximate surface area is 121 Å². The second kappa shape index (κ2) is 5.38. The van der Waals surface area contributed by atoms with Gasteiger partial charge in [0.15, 0.2) is 5.82 Å². The zero-order chi connectivity index (χ0) is 14.8. The van der Waals surface area contributed by atoms with E-state index < -0.39 is 5.97 Å². The van der Waals surface area contributed by atoms with Gasteiger partial charge in [-0.25, -0.2) is 4.98 Å². The first-order valence-corrected chi connectivity index (χ1v) is 6.70. The molecule has 2 aromatic carbocycles. The average molecular weight is 281 g/mol. The first kappa shape index (κ1) is 13.3. The van der Waals surface area contributed by atoms with Gasteiger partial charge in [-0.3, -0.25) is 0 Å². The lowest BCUT2D eigenvalue weighted by atomic mass is 10.2. The molecule has 21 heavy (non-hydrogen) atoms. The van der Waals surface area contributed by atoms with Crippen molar-refractivity contribution < 1.29 is 15.2 Å². The van der Waals surface area contributed by atoms with Crippen LogP contribution in [0.2, 0.25) is 0 Å². The number of aryl methyl sites for hydroxylation is 1. The van der Waals surface area contributed by atoms with E-state index in [1.165, 1.54) is 0 Å². The number of rotatable bonds is 4. The van der Waals surface area contributed by atoms with Crippen LogP contribution in [0.1, 0.15) is 16.2 Å². The quantitative estimate of drug-likeness (QED) is 0.700. The molecule has 0 radical (unpaired) electrons. The normalized spacial score (nSPS) is 10.9. The van der Waals surface area contributed by atoms with Crippen LogP contribution in [0.3, 0.4) is 0 Å². The lowest BCUT2D eigenvalue weighted by Crippen LogP contribution is -2.76. The van der Waals surface area contributed by atoms with Crippen LogP contribution in [0.5, 0.6) is 0 Å². The van der Waals surface area contributed by atoms with Gasteiger partial charge in [0.05, 0.1) is 17.0 Å². The van der Waals surface area contributed by atoms with Crippen LogP contribution < -0.4 is 10.4 Å². The molecule has 0 aliphatic heterocycles. The Morgan fingerprint density at radius 2 is 1.90 bits per heavy atom. The van der Waals surface area contributed by atoms with E-state index in [4.69, 9.17) is 0 Å². The predicted molar refractivity (Wildman–Crippen MR) is 76.8 cm³/mol. The summed E-state index contributed by atoms with van der Waals surface area (Å²) in [5, 5.41) is 12.7. The Bertz CT molecular complexity index is 791. The summed E-state index contributed by atoms with van der Waals surface area (Å²) in [5.74, 6) is -0.183. The number of carbonyl (C=O) groups excluding carboxylic acids is 1. The molecule has 0 aliphatic carbocycles. The number of carboxylic acid groups (broad SMARTS) is 1. The monoisotopic (exact) mass is 281 g/mol. The van der Waals surface area contributed by atoms with Crippen molar-refractivity contribution in [3.05, 3.63) is 59.9 Å². The Morgan fingerprint density at radius 3 is 2.57 bits per heavy atom. The smallest absolute Gasteiger partial charge is 0.165 e. The lowest BCUT2D eigenvalue weighted by Gasteiger charge is -2.04. The molecule has 0 saturated heterocycles. The summed E-state index contributed by atoms with van der Waals surface area (Å²) in [6.07, 6.45) is 0. The van der Waals surface area contributed by atoms with Crippen molar-refractivity contribution in [2.75, 3.05) is 0 Å². The number of para-hydroxylation sites is 2. The van der Waals surface area contributed by atoms with Crippen LogP contribution in [-0.2, 0) is 13.6 Å². The molecule has 106 valence electrons. The molecule has 0 saturated carbocycles. The van der Waals surface area contributed by atoms with E-state index in [1.807, 2.05) is 36.6 Å². The van der Waals surface area contributed by atoms with E-state index in [1.54, 1.807) is 24.3 Å². The van der Waals surface area contributed by atoms with Gasteiger partial charge in [0.1, 0.15) is 12.2 Å². The maximum atomic E-state index is 10.7. The number of nitrogens with two attached hydrogens (primary N) is 1. The number of carbonyl (C=O) groups is 1. The summed E-state index contributed by atoms with van der Waals surface area (Å²) < 4.78 is 2.07. The Kier molecular flexibility index (Phi) is 3.41. The highest BCUT2D eigenvalue weighted by atomic mass is 16.4. The van der Waals surface area contributed by atoms with Crippen molar-refractivity contribution in [1.29, 1.82) is 0 Å². The number of imidazole rings is 1. The van der Waals surface area contributed by atoms with Gasteiger partial charge in [-0.15, -0.1) is 0 Å². The molecule has 5 heteroatoms. The number of hydrogen-bond acceptors (Lipinski definition) is 3. The molecule has 0 spiro atoms. The molecule has 0 fully saturated rings. The van der Waals surface area contributed by atoms with Crippen LogP contribution in [0.15, 0.2) is 48.5 Å². The zero-order valence-electron chi connectivity index (χ0n) is 11.6. The molecule has 0 bridgehead atoms. The molecule has 1 heterocycles. The fourth-order valence-corrected chi connectivity index (χ4v) is 2.34. The molecule has 2 N–H and O–H groups in total. The molecular formula is C16H15N3O2. The minimum absolute atomic E-state index is 0.190. The van der Waals surface area contributed by atoms with Gasteiger partial charge in [0.25, 0.3) is 0 Å². The maximum absolute atomic E-state index is 10.7. The van der Waals surface area contributed by atoms with Crippen molar-refractivity contribution >= 4 is 22.7 Å². The second-order valence-electron chi connectivity index (χ2n) is 4.89. The molecule has 0 amide bonds. The van der Waals surface area contributed by atoms with Crippen LogP contribution in [0.25, 0.3) is 11.0 Å². The van der Waals surface area contributed by atoms with E-state index >= 15 is 0 Å². The minimum Gasteiger partial charge on any atom is -0.545 e. The van der Waals surface area contributed by atoms with Gasteiger partial charge in [-0.2, -0.15) is 0 Å². The highest BCUT2D eigenvalue weighted by Crippen LogP contribution is 2.13. The van der Waals surface area contributed by atoms with Gasteiger partial charge < -0.3 is 19.8 Å². The number of aromatic carboxylic acids is 1. The molecule has 0 unspecified atom stereocenters. The maximum Gasteiger partial charge on any atom is 0.165 e. The first-order chi connectivity index (χ1) is 10.1. The molecule has 0 atom stereocenters. The highest BCUT2D eigenvalue weighted by molar-refractivity contribution is 5.85. The third-order valence-electron chi connectivity index (χ3n) is 3.55.